The Morgan fingerprint density at radius 3 is 2.59 bits per heavy atom. The van der Waals surface area contributed by atoms with Gasteiger partial charge in [-0.2, -0.15) is 0 Å². The fourth-order valence-electron chi connectivity index (χ4n) is 2.59. The Bertz CT molecular complexity index is 880. The molecule has 0 fully saturated rings. The van der Waals surface area contributed by atoms with Crippen LogP contribution in [0.25, 0.3) is 11.3 Å². The van der Waals surface area contributed by atoms with Crippen molar-refractivity contribution in [1.82, 2.24) is 4.98 Å². The number of carbonyl (C=O) groups is 1. The van der Waals surface area contributed by atoms with Crippen LogP contribution in [-0.2, 0) is 11.3 Å². The van der Waals surface area contributed by atoms with Crippen LogP contribution in [0.3, 0.4) is 0 Å². The van der Waals surface area contributed by atoms with E-state index in [1.807, 2.05) is 46.0 Å². The summed E-state index contributed by atoms with van der Waals surface area (Å²) in [5, 5.41) is 14.0. The van der Waals surface area contributed by atoms with Crippen molar-refractivity contribution in [1.29, 1.82) is 0 Å². The number of thiazole rings is 1. The first-order valence-corrected chi connectivity index (χ1v) is 10.9. The standard InChI is InChI=1S/C21H24N2O3S2.ClH/c1-15(2)13-26-17-7-5-16(6-8-17)19-14-28-21(22-19)23(10-9-20(24)25)12-18-4-3-11-27-18;/h3-8,11,14-15H,9-10,12-13H2,1-2H3,(H,24,25);1H. The Labute approximate surface area is 185 Å². The monoisotopic (exact) mass is 452 g/mol. The topological polar surface area (TPSA) is 62.7 Å². The van der Waals surface area contributed by atoms with E-state index in [9.17, 15) is 4.79 Å². The minimum Gasteiger partial charge on any atom is -0.493 e. The molecule has 0 saturated carbocycles. The fraction of sp³-hybridized carbons (Fsp3) is 0.333. The maximum atomic E-state index is 11.0. The molecule has 0 aliphatic carbocycles. The normalized spacial score (nSPS) is 10.6. The maximum Gasteiger partial charge on any atom is 0.305 e. The number of nitrogens with zero attached hydrogens (tertiary/aromatic N) is 2. The Morgan fingerprint density at radius 1 is 1.21 bits per heavy atom. The first-order valence-electron chi connectivity index (χ1n) is 9.19. The lowest BCUT2D eigenvalue weighted by atomic mass is 10.2. The average Bonchev–Trinajstić information content (AvgIpc) is 3.35. The SMILES string of the molecule is CC(C)COc1ccc(-c2csc(N(CCC(=O)O)Cc3cccs3)n2)cc1.Cl. The summed E-state index contributed by atoms with van der Waals surface area (Å²) in [6.07, 6.45) is 0.0855. The maximum absolute atomic E-state index is 11.0. The molecule has 0 aliphatic heterocycles. The lowest BCUT2D eigenvalue weighted by Gasteiger charge is -2.20. The number of anilines is 1. The van der Waals surface area contributed by atoms with Crippen LogP contribution >= 0.6 is 35.1 Å². The largest absolute Gasteiger partial charge is 0.493 e. The molecular formula is C21H25ClN2O3S2. The van der Waals surface area contributed by atoms with Gasteiger partial charge in [-0.1, -0.05) is 19.9 Å². The highest BCUT2D eigenvalue weighted by molar-refractivity contribution is 7.14. The molecule has 0 aliphatic rings. The molecule has 29 heavy (non-hydrogen) atoms. The van der Waals surface area contributed by atoms with Gasteiger partial charge in [0.1, 0.15) is 5.75 Å². The number of carboxylic acid groups (broad SMARTS) is 1. The van der Waals surface area contributed by atoms with E-state index in [1.54, 1.807) is 11.3 Å². The molecule has 0 saturated heterocycles. The molecule has 1 aromatic carbocycles. The van der Waals surface area contributed by atoms with Crippen molar-refractivity contribution in [3.63, 3.8) is 0 Å². The Hall–Kier alpha value is -2.09. The van der Waals surface area contributed by atoms with E-state index in [0.717, 1.165) is 22.1 Å². The molecule has 0 unspecified atom stereocenters. The minimum atomic E-state index is -0.801. The van der Waals surface area contributed by atoms with Gasteiger partial charge in [0.05, 0.1) is 25.3 Å². The predicted molar refractivity (Wildman–Crippen MR) is 123 cm³/mol. The third-order valence-electron chi connectivity index (χ3n) is 4.02. The summed E-state index contributed by atoms with van der Waals surface area (Å²) < 4.78 is 5.73. The van der Waals surface area contributed by atoms with E-state index in [4.69, 9.17) is 14.8 Å². The summed E-state index contributed by atoms with van der Waals surface area (Å²) in [5.41, 5.74) is 1.91. The minimum absolute atomic E-state index is 0. The van der Waals surface area contributed by atoms with E-state index in [2.05, 4.69) is 19.9 Å². The summed E-state index contributed by atoms with van der Waals surface area (Å²) in [6.45, 7) is 6.04. The third kappa shape index (κ3) is 7.03. The van der Waals surface area contributed by atoms with Crippen molar-refractivity contribution in [2.75, 3.05) is 18.1 Å². The smallest absolute Gasteiger partial charge is 0.305 e. The van der Waals surface area contributed by atoms with Crippen LogP contribution in [0.15, 0.2) is 47.2 Å². The van der Waals surface area contributed by atoms with Gasteiger partial charge in [-0.05, 0) is 41.6 Å². The molecule has 3 aromatic rings. The van der Waals surface area contributed by atoms with Crippen LogP contribution in [0.2, 0.25) is 0 Å². The van der Waals surface area contributed by atoms with Crippen molar-refractivity contribution in [2.24, 2.45) is 5.92 Å². The van der Waals surface area contributed by atoms with Crippen LogP contribution in [0.4, 0.5) is 5.13 Å². The number of rotatable bonds is 10. The molecule has 0 spiro atoms. The summed E-state index contributed by atoms with van der Waals surface area (Å²) in [5.74, 6) is 0.541. The van der Waals surface area contributed by atoms with Gasteiger partial charge in [-0.25, -0.2) is 4.98 Å². The number of hydrogen-bond acceptors (Lipinski definition) is 6. The van der Waals surface area contributed by atoms with E-state index < -0.39 is 5.97 Å². The number of carboxylic acids is 1. The van der Waals surface area contributed by atoms with Crippen molar-refractivity contribution < 1.29 is 14.6 Å². The van der Waals surface area contributed by atoms with E-state index in [-0.39, 0.29) is 18.8 Å². The van der Waals surface area contributed by atoms with Gasteiger partial charge in [0.2, 0.25) is 0 Å². The van der Waals surface area contributed by atoms with Crippen molar-refractivity contribution in [3.8, 4) is 17.0 Å². The second kappa shape index (κ2) is 11.2. The first kappa shape index (κ1) is 23.2. The highest BCUT2D eigenvalue weighted by Gasteiger charge is 2.15. The summed E-state index contributed by atoms with van der Waals surface area (Å²) >= 11 is 3.20. The van der Waals surface area contributed by atoms with Gasteiger partial charge in [0, 0.05) is 22.4 Å². The molecule has 3 rings (SSSR count). The van der Waals surface area contributed by atoms with E-state index in [1.165, 1.54) is 16.2 Å². The lowest BCUT2D eigenvalue weighted by molar-refractivity contribution is -0.136. The third-order valence-corrected chi connectivity index (χ3v) is 5.78. The van der Waals surface area contributed by atoms with Gasteiger partial charge in [0.25, 0.3) is 0 Å². The number of thiophene rings is 1. The Morgan fingerprint density at radius 2 is 1.97 bits per heavy atom. The lowest BCUT2D eigenvalue weighted by Crippen LogP contribution is -2.25. The molecule has 2 aromatic heterocycles. The molecular weight excluding hydrogens is 428 g/mol. The quantitative estimate of drug-likeness (QED) is 0.420. The van der Waals surface area contributed by atoms with E-state index >= 15 is 0 Å². The fourth-order valence-corrected chi connectivity index (χ4v) is 4.17. The predicted octanol–water partition coefficient (Wildman–Crippen LogP) is 5.81. The number of hydrogen-bond donors (Lipinski definition) is 1. The molecule has 8 heteroatoms. The van der Waals surface area contributed by atoms with Gasteiger partial charge in [0.15, 0.2) is 5.13 Å². The highest BCUT2D eigenvalue weighted by Crippen LogP contribution is 2.30. The van der Waals surface area contributed by atoms with Gasteiger partial charge < -0.3 is 14.7 Å². The average molecular weight is 453 g/mol. The second-order valence-corrected chi connectivity index (χ2v) is 8.76. The summed E-state index contributed by atoms with van der Waals surface area (Å²) in [4.78, 5) is 19.0. The highest BCUT2D eigenvalue weighted by atomic mass is 35.5. The van der Waals surface area contributed by atoms with Gasteiger partial charge in [-0.3, -0.25) is 4.79 Å². The van der Waals surface area contributed by atoms with Crippen molar-refractivity contribution >= 4 is 46.2 Å². The van der Waals surface area contributed by atoms with Crippen LogP contribution < -0.4 is 9.64 Å². The van der Waals surface area contributed by atoms with Gasteiger partial charge in [-0.15, -0.1) is 35.1 Å². The molecule has 0 bridgehead atoms. The molecule has 5 nitrogen and oxygen atoms in total. The molecule has 0 radical (unpaired) electrons. The number of aromatic nitrogens is 1. The van der Waals surface area contributed by atoms with E-state index in [0.29, 0.717) is 25.6 Å². The van der Waals surface area contributed by atoms with Crippen molar-refractivity contribution in [3.05, 3.63) is 52.0 Å². The molecule has 1 N–H and O–H groups in total. The molecule has 0 atom stereocenters. The van der Waals surface area contributed by atoms with Gasteiger partial charge >= 0.3 is 5.97 Å². The Kier molecular flexibility index (Phi) is 8.95. The zero-order valence-corrected chi connectivity index (χ0v) is 18.9. The van der Waals surface area contributed by atoms with Crippen LogP contribution in [0.5, 0.6) is 5.75 Å². The number of aliphatic carboxylic acids is 1. The molecule has 2 heterocycles. The van der Waals surface area contributed by atoms with Crippen LogP contribution in [0.1, 0.15) is 25.1 Å². The Balaban J connectivity index is 0.00000300. The van der Waals surface area contributed by atoms with Crippen LogP contribution in [-0.4, -0.2) is 29.2 Å². The second-order valence-electron chi connectivity index (χ2n) is 6.89. The zero-order valence-electron chi connectivity index (χ0n) is 16.4. The molecule has 156 valence electrons. The number of halogens is 1. The molecule has 0 amide bonds. The first-order chi connectivity index (χ1) is 13.5. The van der Waals surface area contributed by atoms with Crippen molar-refractivity contribution in [2.45, 2.75) is 26.8 Å². The number of ether oxygens (including phenoxy) is 1. The number of benzene rings is 1. The van der Waals surface area contributed by atoms with Crippen LogP contribution in [0, 0.1) is 5.92 Å². The summed E-state index contributed by atoms with van der Waals surface area (Å²) in [6, 6.07) is 12.0. The summed E-state index contributed by atoms with van der Waals surface area (Å²) in [7, 11) is 0. The zero-order chi connectivity index (χ0) is 19.9.